The second-order valence-electron chi connectivity index (χ2n) is 5.92. The molecule has 1 aromatic heterocycles. The Kier molecular flexibility index (Phi) is 3.64. The van der Waals surface area contributed by atoms with Crippen molar-refractivity contribution in [2.45, 2.75) is 31.5 Å². The average molecular weight is 297 g/mol. The number of hydrogen-bond acceptors (Lipinski definition) is 5. The first-order valence-corrected chi connectivity index (χ1v) is 7.80. The van der Waals surface area contributed by atoms with Crippen LogP contribution < -0.4 is 10.1 Å². The fraction of sp³-hybridized carbons (Fsp3) is 0.412. The molecule has 3 atom stereocenters. The molecule has 3 unspecified atom stereocenters. The Hall–Kier alpha value is -2.14. The summed E-state index contributed by atoms with van der Waals surface area (Å²) in [5.41, 5.74) is 1.11. The van der Waals surface area contributed by atoms with E-state index in [0.29, 0.717) is 24.0 Å². The van der Waals surface area contributed by atoms with Gasteiger partial charge in [0, 0.05) is 30.4 Å². The molecule has 5 heteroatoms. The van der Waals surface area contributed by atoms with Crippen LogP contribution in [0.1, 0.15) is 19.3 Å². The minimum atomic E-state index is 0.470. The van der Waals surface area contributed by atoms with Gasteiger partial charge in [-0.2, -0.15) is 0 Å². The fourth-order valence-electron chi connectivity index (χ4n) is 3.31. The summed E-state index contributed by atoms with van der Waals surface area (Å²) in [5.74, 6) is 1.97. The first-order valence-electron chi connectivity index (χ1n) is 7.80. The molecule has 0 spiro atoms. The zero-order valence-corrected chi connectivity index (χ0v) is 12.3. The van der Waals surface area contributed by atoms with Gasteiger partial charge in [-0.1, -0.05) is 0 Å². The van der Waals surface area contributed by atoms with Crippen molar-refractivity contribution >= 4 is 5.69 Å². The van der Waals surface area contributed by atoms with Crippen LogP contribution >= 0.6 is 0 Å². The molecule has 2 aromatic rings. The molecule has 1 N–H and O–H groups in total. The zero-order valence-electron chi connectivity index (χ0n) is 12.3. The van der Waals surface area contributed by atoms with Crippen molar-refractivity contribution in [2.75, 3.05) is 11.9 Å². The first kappa shape index (κ1) is 13.5. The summed E-state index contributed by atoms with van der Waals surface area (Å²) >= 11 is 0. The van der Waals surface area contributed by atoms with Crippen LogP contribution in [0.5, 0.6) is 11.6 Å². The van der Waals surface area contributed by atoms with Gasteiger partial charge in [0.15, 0.2) is 0 Å². The van der Waals surface area contributed by atoms with E-state index in [9.17, 15) is 0 Å². The van der Waals surface area contributed by atoms with Gasteiger partial charge in [-0.3, -0.25) is 0 Å². The minimum Gasteiger partial charge on any atom is -0.439 e. The number of fused-ring (bicyclic) bond motifs is 2. The molecular formula is C17H19N3O2. The van der Waals surface area contributed by atoms with Crippen molar-refractivity contribution in [3.05, 3.63) is 42.9 Å². The Labute approximate surface area is 129 Å². The molecule has 2 fully saturated rings. The topological polar surface area (TPSA) is 56.3 Å². The number of rotatable bonds is 5. The number of aromatic nitrogens is 2. The third kappa shape index (κ3) is 2.90. The lowest BCUT2D eigenvalue weighted by atomic mass is 9.89. The number of nitrogens with one attached hydrogen (secondary N) is 1. The molecule has 2 aliphatic heterocycles. The maximum atomic E-state index is 5.89. The quantitative estimate of drug-likeness (QED) is 0.918. The van der Waals surface area contributed by atoms with Gasteiger partial charge in [0.2, 0.25) is 5.88 Å². The molecule has 3 heterocycles. The number of ether oxygens (including phenoxy) is 2. The smallest absolute Gasteiger partial charge is 0.222 e. The molecule has 0 radical (unpaired) electrons. The van der Waals surface area contributed by atoms with Crippen LogP contribution in [0.3, 0.4) is 0 Å². The van der Waals surface area contributed by atoms with Crippen LogP contribution in [-0.4, -0.2) is 28.7 Å². The van der Waals surface area contributed by atoms with Crippen LogP contribution in [0, 0.1) is 5.92 Å². The predicted octanol–water partition coefficient (Wildman–Crippen LogP) is 3.25. The van der Waals surface area contributed by atoms with Gasteiger partial charge in [0.25, 0.3) is 0 Å². The predicted molar refractivity (Wildman–Crippen MR) is 83.0 cm³/mol. The van der Waals surface area contributed by atoms with Crippen molar-refractivity contribution in [3.8, 4) is 11.6 Å². The van der Waals surface area contributed by atoms with E-state index in [1.165, 1.54) is 25.6 Å². The molecule has 114 valence electrons. The molecule has 22 heavy (non-hydrogen) atoms. The van der Waals surface area contributed by atoms with Gasteiger partial charge in [0.05, 0.1) is 12.2 Å². The summed E-state index contributed by atoms with van der Waals surface area (Å²) < 4.78 is 11.5. The number of nitrogens with zero attached hydrogens (tertiary/aromatic N) is 2. The molecule has 2 bridgehead atoms. The lowest BCUT2D eigenvalue weighted by molar-refractivity contribution is 0.0941. The highest BCUT2D eigenvalue weighted by Crippen LogP contribution is 2.38. The van der Waals surface area contributed by atoms with E-state index in [-0.39, 0.29) is 0 Å². The van der Waals surface area contributed by atoms with Gasteiger partial charge in [-0.15, -0.1) is 0 Å². The van der Waals surface area contributed by atoms with Crippen molar-refractivity contribution < 1.29 is 9.47 Å². The van der Waals surface area contributed by atoms with Crippen LogP contribution in [0.2, 0.25) is 0 Å². The Bertz CT molecular complexity index is 618. The summed E-state index contributed by atoms with van der Waals surface area (Å²) in [6, 6.07) is 9.69. The summed E-state index contributed by atoms with van der Waals surface area (Å²) in [4.78, 5) is 7.91. The highest BCUT2D eigenvalue weighted by atomic mass is 16.5. The van der Waals surface area contributed by atoms with Crippen LogP contribution in [0.25, 0.3) is 0 Å². The van der Waals surface area contributed by atoms with Crippen LogP contribution in [0.15, 0.2) is 42.9 Å². The van der Waals surface area contributed by atoms with E-state index in [2.05, 4.69) is 15.3 Å². The summed E-state index contributed by atoms with van der Waals surface area (Å²) in [6.07, 6.45) is 7.79. The van der Waals surface area contributed by atoms with Gasteiger partial charge in [-0.25, -0.2) is 9.97 Å². The number of benzene rings is 1. The Morgan fingerprint density at radius 2 is 2.09 bits per heavy atom. The number of anilines is 1. The third-order valence-corrected chi connectivity index (χ3v) is 4.43. The largest absolute Gasteiger partial charge is 0.439 e. The standard InChI is InChI=1S/C17H19N3O2/c1-3-14(22-17-7-8-18-11-20-17)4-2-13(1)19-10-12-9-15-5-6-16(12)21-15/h1-4,7-8,11-12,15-16,19H,5-6,9-10H2. The Morgan fingerprint density at radius 3 is 2.77 bits per heavy atom. The Morgan fingerprint density at radius 1 is 1.18 bits per heavy atom. The van der Waals surface area contributed by atoms with Gasteiger partial charge < -0.3 is 14.8 Å². The molecule has 5 nitrogen and oxygen atoms in total. The lowest BCUT2D eigenvalue weighted by Gasteiger charge is -2.19. The van der Waals surface area contributed by atoms with Gasteiger partial charge in [0.1, 0.15) is 12.1 Å². The average Bonchev–Trinajstić information content (AvgIpc) is 3.18. The van der Waals surface area contributed by atoms with Gasteiger partial charge in [-0.05, 0) is 43.5 Å². The molecular weight excluding hydrogens is 278 g/mol. The van der Waals surface area contributed by atoms with Crippen molar-refractivity contribution in [1.29, 1.82) is 0 Å². The van der Waals surface area contributed by atoms with E-state index < -0.39 is 0 Å². The fourth-order valence-corrected chi connectivity index (χ4v) is 3.31. The van der Waals surface area contributed by atoms with Crippen LogP contribution in [0.4, 0.5) is 5.69 Å². The molecule has 2 saturated heterocycles. The summed E-state index contributed by atoms with van der Waals surface area (Å²) in [7, 11) is 0. The summed E-state index contributed by atoms with van der Waals surface area (Å²) in [6.45, 7) is 0.979. The van der Waals surface area contributed by atoms with E-state index in [4.69, 9.17) is 9.47 Å². The second-order valence-corrected chi connectivity index (χ2v) is 5.92. The highest BCUT2D eigenvalue weighted by Gasteiger charge is 2.40. The molecule has 4 rings (SSSR count). The monoisotopic (exact) mass is 297 g/mol. The normalized spacial score (nSPS) is 26.1. The van der Waals surface area contributed by atoms with Crippen LogP contribution in [-0.2, 0) is 4.74 Å². The van der Waals surface area contributed by atoms with E-state index in [0.717, 1.165) is 18.0 Å². The first-order chi connectivity index (χ1) is 10.9. The molecule has 0 aliphatic carbocycles. The van der Waals surface area contributed by atoms with Crippen molar-refractivity contribution in [3.63, 3.8) is 0 Å². The molecule has 1 aromatic carbocycles. The maximum Gasteiger partial charge on any atom is 0.222 e. The van der Waals surface area contributed by atoms with Gasteiger partial charge >= 0.3 is 0 Å². The maximum absolute atomic E-state index is 5.89. The van der Waals surface area contributed by atoms with E-state index in [1.807, 2.05) is 24.3 Å². The third-order valence-electron chi connectivity index (χ3n) is 4.43. The van der Waals surface area contributed by atoms with Crippen molar-refractivity contribution in [2.24, 2.45) is 5.92 Å². The highest BCUT2D eigenvalue weighted by molar-refractivity contribution is 5.47. The van der Waals surface area contributed by atoms with E-state index in [1.54, 1.807) is 12.3 Å². The molecule has 0 amide bonds. The van der Waals surface area contributed by atoms with E-state index >= 15 is 0 Å². The SMILES string of the molecule is c1cc(Oc2ccc(NCC3CC4CCC3O4)cc2)ncn1. The minimum absolute atomic E-state index is 0.470. The second kappa shape index (κ2) is 5.93. The molecule has 0 saturated carbocycles. The summed E-state index contributed by atoms with van der Waals surface area (Å²) in [5, 5.41) is 3.50. The molecule has 2 aliphatic rings. The Balaban J connectivity index is 1.32. The zero-order chi connectivity index (χ0) is 14.8. The number of hydrogen-bond donors (Lipinski definition) is 1. The lowest BCUT2D eigenvalue weighted by Crippen LogP contribution is -2.24. The van der Waals surface area contributed by atoms with Crippen molar-refractivity contribution in [1.82, 2.24) is 9.97 Å².